The third-order valence-corrected chi connectivity index (χ3v) is 1.43. The minimum absolute atomic E-state index is 0.196. The molecule has 0 saturated heterocycles. The van der Waals surface area contributed by atoms with Gasteiger partial charge in [-0.2, -0.15) is 15.4 Å². The quantitative estimate of drug-likeness (QED) is 0.669. The van der Waals surface area contributed by atoms with Crippen molar-refractivity contribution in [1.82, 2.24) is 20.7 Å². The van der Waals surface area contributed by atoms with Crippen molar-refractivity contribution < 1.29 is 4.79 Å². The van der Waals surface area contributed by atoms with E-state index in [1.807, 2.05) is 20.8 Å². The van der Waals surface area contributed by atoms with E-state index in [9.17, 15) is 4.79 Å². The van der Waals surface area contributed by atoms with E-state index >= 15 is 0 Å². The van der Waals surface area contributed by atoms with Gasteiger partial charge in [-0.1, -0.05) is 0 Å². The van der Waals surface area contributed by atoms with Gasteiger partial charge in [-0.3, -0.25) is 4.79 Å². The Balaban J connectivity index is 2.76. The van der Waals surface area contributed by atoms with Crippen molar-refractivity contribution >= 4 is 5.91 Å². The molecule has 0 fully saturated rings. The van der Waals surface area contributed by atoms with Crippen LogP contribution in [0.3, 0.4) is 0 Å². The number of H-pyrrole nitrogens is 1. The third kappa shape index (κ3) is 2.54. The molecule has 1 aromatic rings. The van der Waals surface area contributed by atoms with Crippen LogP contribution in [0.15, 0.2) is 0 Å². The lowest BCUT2D eigenvalue weighted by Crippen LogP contribution is -2.41. The second-order valence-corrected chi connectivity index (χ2v) is 3.96. The van der Waals surface area contributed by atoms with Crippen LogP contribution in [0.5, 0.6) is 0 Å². The highest BCUT2D eigenvalue weighted by Crippen LogP contribution is 2.03. The molecule has 0 radical (unpaired) electrons. The first-order valence-corrected chi connectivity index (χ1v) is 4.10. The number of aryl methyl sites for hydroxylation is 1. The standard InChI is InChI=1S/C8H14N4O/c1-5-6(11-12-10-5)7(13)9-8(2,3)4/h1-4H3,(H,9,13)(H,10,11,12). The highest BCUT2D eigenvalue weighted by Gasteiger charge is 2.18. The number of carbonyl (C=O) groups excluding carboxylic acids is 1. The molecule has 1 aromatic heterocycles. The number of carbonyl (C=O) groups is 1. The highest BCUT2D eigenvalue weighted by atomic mass is 16.2. The average Bonchev–Trinajstić information content (AvgIpc) is 2.30. The third-order valence-electron chi connectivity index (χ3n) is 1.43. The van der Waals surface area contributed by atoms with Gasteiger partial charge in [0.05, 0.1) is 5.69 Å². The summed E-state index contributed by atoms with van der Waals surface area (Å²) in [5.74, 6) is -0.196. The zero-order valence-electron chi connectivity index (χ0n) is 8.30. The van der Waals surface area contributed by atoms with Gasteiger partial charge in [0, 0.05) is 5.54 Å². The van der Waals surface area contributed by atoms with Gasteiger partial charge in [0.15, 0.2) is 5.69 Å². The Morgan fingerprint density at radius 1 is 1.38 bits per heavy atom. The molecule has 0 atom stereocenters. The normalized spacial score (nSPS) is 11.4. The maximum Gasteiger partial charge on any atom is 0.274 e. The first-order valence-electron chi connectivity index (χ1n) is 4.10. The van der Waals surface area contributed by atoms with E-state index < -0.39 is 0 Å². The number of nitrogens with zero attached hydrogens (tertiary/aromatic N) is 2. The molecule has 1 rings (SSSR count). The molecule has 0 aliphatic heterocycles. The van der Waals surface area contributed by atoms with E-state index in [1.54, 1.807) is 6.92 Å². The first-order chi connectivity index (χ1) is 5.90. The van der Waals surface area contributed by atoms with E-state index in [-0.39, 0.29) is 11.4 Å². The number of amides is 1. The molecule has 5 nitrogen and oxygen atoms in total. The van der Waals surface area contributed by atoms with Gasteiger partial charge in [-0.25, -0.2) is 0 Å². The molecule has 5 heteroatoms. The molecule has 0 aliphatic carbocycles. The minimum atomic E-state index is -0.248. The summed E-state index contributed by atoms with van der Waals surface area (Å²) >= 11 is 0. The van der Waals surface area contributed by atoms with Gasteiger partial charge in [0.2, 0.25) is 0 Å². The smallest absolute Gasteiger partial charge is 0.274 e. The number of rotatable bonds is 1. The van der Waals surface area contributed by atoms with Crippen molar-refractivity contribution in [3.8, 4) is 0 Å². The molecule has 1 amide bonds. The van der Waals surface area contributed by atoms with Gasteiger partial charge in [0.1, 0.15) is 0 Å². The molecule has 0 unspecified atom stereocenters. The number of aromatic nitrogens is 3. The molecule has 0 saturated carbocycles. The Hall–Kier alpha value is -1.39. The maximum atomic E-state index is 11.5. The summed E-state index contributed by atoms with van der Waals surface area (Å²) in [6.45, 7) is 7.49. The molecular weight excluding hydrogens is 168 g/mol. The van der Waals surface area contributed by atoms with Gasteiger partial charge < -0.3 is 5.32 Å². The molecule has 0 aliphatic rings. The van der Waals surface area contributed by atoms with E-state index in [0.717, 1.165) is 0 Å². The second-order valence-electron chi connectivity index (χ2n) is 3.96. The molecule has 13 heavy (non-hydrogen) atoms. The lowest BCUT2D eigenvalue weighted by atomic mass is 10.1. The summed E-state index contributed by atoms with van der Waals surface area (Å²) in [4.78, 5) is 11.5. The highest BCUT2D eigenvalue weighted by molar-refractivity contribution is 5.93. The van der Waals surface area contributed by atoms with Crippen LogP contribution < -0.4 is 5.32 Å². The largest absolute Gasteiger partial charge is 0.346 e. The molecule has 0 spiro atoms. The first kappa shape index (κ1) is 9.70. The Kier molecular flexibility index (Phi) is 2.36. The van der Waals surface area contributed by atoms with Crippen molar-refractivity contribution in [1.29, 1.82) is 0 Å². The fourth-order valence-corrected chi connectivity index (χ4v) is 0.899. The van der Waals surface area contributed by atoms with E-state index in [2.05, 4.69) is 20.7 Å². The summed E-state index contributed by atoms with van der Waals surface area (Å²) in [6, 6.07) is 0. The molecular formula is C8H14N4O. The van der Waals surface area contributed by atoms with Crippen LogP contribution in [0, 0.1) is 6.92 Å². The predicted octanol–water partition coefficient (Wildman–Crippen LogP) is 0.641. The van der Waals surface area contributed by atoms with Crippen molar-refractivity contribution in [2.24, 2.45) is 0 Å². The lowest BCUT2D eigenvalue weighted by molar-refractivity contribution is 0.0913. The second kappa shape index (κ2) is 3.16. The Morgan fingerprint density at radius 3 is 2.38 bits per heavy atom. The van der Waals surface area contributed by atoms with Gasteiger partial charge in [-0.15, -0.1) is 0 Å². The van der Waals surface area contributed by atoms with Gasteiger partial charge in [0.25, 0.3) is 5.91 Å². The summed E-state index contributed by atoms with van der Waals surface area (Å²) in [7, 11) is 0. The number of hydrogen-bond acceptors (Lipinski definition) is 3. The van der Waals surface area contributed by atoms with E-state index in [4.69, 9.17) is 0 Å². The van der Waals surface area contributed by atoms with Crippen LogP contribution in [0.4, 0.5) is 0 Å². The minimum Gasteiger partial charge on any atom is -0.346 e. The molecule has 0 aromatic carbocycles. The summed E-state index contributed by atoms with van der Waals surface area (Å²) in [6.07, 6.45) is 0. The lowest BCUT2D eigenvalue weighted by Gasteiger charge is -2.19. The monoisotopic (exact) mass is 182 g/mol. The summed E-state index contributed by atoms with van der Waals surface area (Å²) in [5, 5.41) is 12.7. The zero-order valence-corrected chi connectivity index (χ0v) is 8.30. The van der Waals surface area contributed by atoms with Crippen molar-refractivity contribution in [2.75, 3.05) is 0 Å². The molecule has 0 bridgehead atoms. The van der Waals surface area contributed by atoms with Crippen LogP contribution in [-0.2, 0) is 0 Å². The van der Waals surface area contributed by atoms with Crippen LogP contribution >= 0.6 is 0 Å². The van der Waals surface area contributed by atoms with Crippen molar-refractivity contribution in [3.05, 3.63) is 11.4 Å². The zero-order chi connectivity index (χ0) is 10.1. The van der Waals surface area contributed by atoms with Gasteiger partial charge in [-0.05, 0) is 27.7 Å². The average molecular weight is 182 g/mol. The summed E-state index contributed by atoms with van der Waals surface area (Å²) in [5.41, 5.74) is 0.722. The van der Waals surface area contributed by atoms with Crippen molar-refractivity contribution in [2.45, 2.75) is 33.2 Å². The number of nitrogens with one attached hydrogen (secondary N) is 2. The molecule has 2 N–H and O–H groups in total. The molecule has 1 heterocycles. The fourth-order valence-electron chi connectivity index (χ4n) is 0.899. The summed E-state index contributed by atoms with van der Waals surface area (Å²) < 4.78 is 0. The van der Waals surface area contributed by atoms with Crippen molar-refractivity contribution in [3.63, 3.8) is 0 Å². The predicted molar refractivity (Wildman–Crippen MR) is 48.3 cm³/mol. The Labute approximate surface area is 76.9 Å². The van der Waals surface area contributed by atoms with Crippen LogP contribution in [0.25, 0.3) is 0 Å². The van der Waals surface area contributed by atoms with Gasteiger partial charge >= 0.3 is 0 Å². The number of aromatic amines is 1. The fraction of sp³-hybridized carbons (Fsp3) is 0.625. The Morgan fingerprint density at radius 2 is 2.00 bits per heavy atom. The van der Waals surface area contributed by atoms with Crippen LogP contribution in [0.2, 0.25) is 0 Å². The SMILES string of the molecule is Cc1n[nH]nc1C(=O)NC(C)(C)C. The maximum absolute atomic E-state index is 11.5. The van der Waals surface area contributed by atoms with Crippen LogP contribution in [-0.4, -0.2) is 26.9 Å². The number of hydrogen-bond donors (Lipinski definition) is 2. The van der Waals surface area contributed by atoms with E-state index in [0.29, 0.717) is 11.4 Å². The topological polar surface area (TPSA) is 70.7 Å². The van der Waals surface area contributed by atoms with E-state index in [1.165, 1.54) is 0 Å². The Bertz CT molecular complexity index is 310. The molecule has 72 valence electrons. The van der Waals surface area contributed by atoms with Crippen LogP contribution in [0.1, 0.15) is 37.0 Å².